The van der Waals surface area contributed by atoms with Crippen molar-refractivity contribution in [3.63, 3.8) is 0 Å². The van der Waals surface area contributed by atoms with Crippen molar-refractivity contribution in [2.45, 2.75) is 32.6 Å². The van der Waals surface area contributed by atoms with Crippen molar-refractivity contribution in [2.75, 3.05) is 6.61 Å². The van der Waals surface area contributed by atoms with Gasteiger partial charge in [0.05, 0.1) is 6.61 Å². The lowest BCUT2D eigenvalue weighted by atomic mass is 10.2. The minimum Gasteiger partial charge on any atom is -0.462 e. The molecule has 0 aromatic carbocycles. The third-order valence-electron chi connectivity index (χ3n) is 1.66. The van der Waals surface area contributed by atoms with Gasteiger partial charge in [-0.05, 0) is 38.7 Å². The van der Waals surface area contributed by atoms with E-state index in [1.54, 1.807) is 12.9 Å². The van der Waals surface area contributed by atoms with Crippen molar-refractivity contribution in [3.8, 4) is 0 Å². The van der Waals surface area contributed by atoms with Gasteiger partial charge >= 0.3 is 5.97 Å². The molecule has 0 aromatic heterocycles. The van der Waals surface area contributed by atoms with Crippen LogP contribution in [-0.2, 0) is 14.3 Å². The van der Waals surface area contributed by atoms with Crippen LogP contribution in [-0.4, -0.2) is 18.5 Å². The number of carbonyl (C=O) groups is 1. The summed E-state index contributed by atoms with van der Waals surface area (Å²) in [4.78, 5) is 20.7. The smallest absolute Gasteiger partial charge is 0.333 e. The summed E-state index contributed by atoms with van der Waals surface area (Å²) in [6, 6.07) is 0. The molecule has 0 aliphatic heterocycles. The molecule has 0 heterocycles. The molecule has 0 spiro atoms. The highest BCUT2D eigenvalue weighted by molar-refractivity contribution is 5.86. The summed E-state index contributed by atoms with van der Waals surface area (Å²) in [5.74, 6) is 1.38. The molecule has 0 atom stereocenters. The molecule has 0 aromatic rings. The minimum atomic E-state index is -0.335. The minimum absolute atomic E-state index is 0.335. The summed E-state index contributed by atoms with van der Waals surface area (Å²) in [5.41, 5.74) is 0.425. The Morgan fingerprint density at radius 2 is 2.14 bits per heavy atom. The first-order valence-electron chi connectivity index (χ1n) is 4.70. The van der Waals surface area contributed by atoms with Gasteiger partial charge in [-0.15, -0.1) is 0 Å². The lowest BCUT2D eigenvalue weighted by Gasteiger charge is -2.02. The molecule has 0 saturated carbocycles. The maximum atomic E-state index is 10.9. The van der Waals surface area contributed by atoms with Gasteiger partial charge in [-0.3, -0.25) is 0 Å². The number of hydrogen-bond acceptors (Lipinski definition) is 3. The van der Waals surface area contributed by atoms with Crippen LogP contribution in [0.2, 0.25) is 0 Å². The van der Waals surface area contributed by atoms with Crippen molar-refractivity contribution in [3.05, 3.63) is 18.2 Å². The van der Waals surface area contributed by atoms with Gasteiger partial charge in [-0.2, -0.15) is 0 Å². The molecule has 0 aliphatic carbocycles. The monoisotopic (exact) mass is 196 g/mol. The quantitative estimate of drug-likeness (QED) is 0.271. The lowest BCUT2D eigenvalue weighted by Crippen LogP contribution is -2.05. The Balaban J connectivity index is 3.25. The summed E-state index contributed by atoms with van der Waals surface area (Å²) in [6.45, 7) is 5.52. The highest BCUT2D eigenvalue weighted by Crippen LogP contribution is 2.01. The zero-order valence-electron chi connectivity index (χ0n) is 8.54. The number of allylic oxidation sites excluding steroid dienone is 1. The normalized spacial score (nSPS) is 8.93. The van der Waals surface area contributed by atoms with Crippen molar-refractivity contribution in [1.82, 2.24) is 0 Å². The molecule has 0 unspecified atom stereocenters. The summed E-state index contributed by atoms with van der Waals surface area (Å²) in [7, 11) is 0. The van der Waals surface area contributed by atoms with E-state index in [4.69, 9.17) is 4.74 Å². The molecule has 0 radical (unpaired) electrons. The molecule has 78 valence electrons. The average Bonchev–Trinajstić information content (AvgIpc) is 2.16. The Bertz CT molecular complexity index is 237. The Hall–Kier alpha value is -1.34. The fraction of sp³-hybridized carbons (Fsp3) is 0.545. The summed E-state index contributed by atoms with van der Waals surface area (Å²) >= 11 is 0. The van der Waals surface area contributed by atoms with Crippen LogP contribution in [0.25, 0.3) is 0 Å². The van der Waals surface area contributed by atoms with Gasteiger partial charge in [-0.25, -0.2) is 9.59 Å². The largest absolute Gasteiger partial charge is 0.462 e. The molecule has 0 rings (SSSR count). The second-order valence-corrected chi connectivity index (χ2v) is 3.09. The number of unbranched alkanes of at least 4 members (excludes halogenated alkanes) is 3. The van der Waals surface area contributed by atoms with Gasteiger partial charge in [0.1, 0.15) is 5.94 Å². The van der Waals surface area contributed by atoms with Crippen LogP contribution in [0.1, 0.15) is 32.6 Å². The van der Waals surface area contributed by atoms with Crippen LogP contribution in [0.5, 0.6) is 0 Å². The molecule has 14 heavy (non-hydrogen) atoms. The van der Waals surface area contributed by atoms with E-state index in [1.165, 1.54) is 6.08 Å². The van der Waals surface area contributed by atoms with Crippen LogP contribution in [0.15, 0.2) is 18.2 Å². The summed E-state index contributed by atoms with van der Waals surface area (Å²) in [5, 5.41) is 0. The number of carbonyl (C=O) groups excluding carboxylic acids is 2. The predicted octanol–water partition coefficient (Wildman–Crippen LogP) is 2.05. The number of ether oxygens (including phenoxy) is 1. The number of esters is 1. The standard InChI is InChI=1S/C11H16O3/c1-10(2)11(13)14-9-7-5-3-4-6-8-12/h6H,1,3-5,7,9H2,2H3. The van der Waals surface area contributed by atoms with E-state index in [9.17, 15) is 9.59 Å². The van der Waals surface area contributed by atoms with Crippen LogP contribution in [0.4, 0.5) is 0 Å². The van der Waals surface area contributed by atoms with E-state index >= 15 is 0 Å². The lowest BCUT2D eigenvalue weighted by molar-refractivity contribution is -0.139. The van der Waals surface area contributed by atoms with Crippen molar-refractivity contribution in [1.29, 1.82) is 0 Å². The molecule has 0 aliphatic rings. The second kappa shape index (κ2) is 8.27. The van der Waals surface area contributed by atoms with Crippen molar-refractivity contribution < 1.29 is 14.3 Å². The molecule has 0 saturated heterocycles. The van der Waals surface area contributed by atoms with E-state index < -0.39 is 0 Å². The zero-order chi connectivity index (χ0) is 10.8. The van der Waals surface area contributed by atoms with Gasteiger partial charge in [0.15, 0.2) is 0 Å². The zero-order valence-corrected chi connectivity index (χ0v) is 8.54. The van der Waals surface area contributed by atoms with Crippen LogP contribution in [0.3, 0.4) is 0 Å². The van der Waals surface area contributed by atoms with E-state index in [-0.39, 0.29) is 5.97 Å². The van der Waals surface area contributed by atoms with Gasteiger partial charge in [-0.1, -0.05) is 6.58 Å². The topological polar surface area (TPSA) is 43.4 Å². The third-order valence-corrected chi connectivity index (χ3v) is 1.66. The molecular formula is C11H16O3. The first-order chi connectivity index (χ1) is 6.68. The molecule has 3 heteroatoms. The van der Waals surface area contributed by atoms with E-state index in [0.717, 1.165) is 25.7 Å². The van der Waals surface area contributed by atoms with Gasteiger partial charge < -0.3 is 4.74 Å². The Labute approximate surface area is 84.4 Å². The molecule has 0 fully saturated rings. The van der Waals surface area contributed by atoms with Crippen LogP contribution >= 0.6 is 0 Å². The summed E-state index contributed by atoms with van der Waals surface area (Å²) < 4.78 is 4.88. The Kier molecular flexibility index (Phi) is 7.48. The van der Waals surface area contributed by atoms with Gasteiger partial charge in [0.25, 0.3) is 0 Å². The number of rotatable bonds is 7. The molecule has 3 nitrogen and oxygen atoms in total. The highest BCUT2D eigenvalue weighted by Gasteiger charge is 2.01. The predicted molar refractivity (Wildman–Crippen MR) is 54.5 cm³/mol. The van der Waals surface area contributed by atoms with Crippen LogP contribution < -0.4 is 0 Å². The maximum Gasteiger partial charge on any atom is 0.333 e. The fourth-order valence-electron chi connectivity index (χ4n) is 0.872. The van der Waals surface area contributed by atoms with Crippen molar-refractivity contribution >= 4 is 11.9 Å². The van der Waals surface area contributed by atoms with Crippen LogP contribution in [0, 0.1) is 0 Å². The molecule has 0 bridgehead atoms. The van der Waals surface area contributed by atoms with Gasteiger partial charge in [0.2, 0.25) is 0 Å². The Morgan fingerprint density at radius 1 is 1.43 bits per heavy atom. The first kappa shape index (κ1) is 12.7. The third kappa shape index (κ3) is 7.32. The van der Waals surface area contributed by atoms with Crippen molar-refractivity contribution in [2.24, 2.45) is 0 Å². The Morgan fingerprint density at radius 3 is 2.71 bits per heavy atom. The van der Waals surface area contributed by atoms with E-state index in [2.05, 4.69) is 6.58 Å². The second-order valence-electron chi connectivity index (χ2n) is 3.09. The fourth-order valence-corrected chi connectivity index (χ4v) is 0.872. The van der Waals surface area contributed by atoms with E-state index in [0.29, 0.717) is 12.2 Å². The summed E-state index contributed by atoms with van der Waals surface area (Å²) in [6.07, 6.45) is 4.92. The number of hydrogen-bond donors (Lipinski definition) is 0. The molecule has 0 N–H and O–H groups in total. The molecule has 0 amide bonds. The van der Waals surface area contributed by atoms with E-state index in [1.807, 2.05) is 0 Å². The van der Waals surface area contributed by atoms with Gasteiger partial charge in [0, 0.05) is 5.57 Å². The average molecular weight is 196 g/mol. The molecular weight excluding hydrogens is 180 g/mol. The highest BCUT2D eigenvalue weighted by atomic mass is 16.5. The maximum absolute atomic E-state index is 10.9. The SMILES string of the molecule is C=C(C)C(=O)OCCCCCC=C=O. The first-order valence-corrected chi connectivity index (χ1v) is 4.70.